The first-order valence-electron chi connectivity index (χ1n) is 6.63. The number of aromatic amines is 1. The Morgan fingerprint density at radius 3 is 3.05 bits per heavy atom. The van der Waals surface area contributed by atoms with E-state index in [2.05, 4.69) is 32.3 Å². The monoisotopic (exact) mass is 283 g/mol. The summed E-state index contributed by atoms with van der Waals surface area (Å²) in [4.78, 5) is 16.2. The predicted octanol–water partition coefficient (Wildman–Crippen LogP) is 0.396. The number of carbonyl (C=O) groups excluding carboxylic acids is 1. The van der Waals surface area contributed by atoms with Gasteiger partial charge in [-0.1, -0.05) is 17.9 Å². The summed E-state index contributed by atoms with van der Waals surface area (Å²) < 4.78 is 0. The number of nitrogens with two attached hydrogens (primary N) is 1. The van der Waals surface area contributed by atoms with Gasteiger partial charge in [-0.2, -0.15) is 5.10 Å². The summed E-state index contributed by atoms with van der Waals surface area (Å²) in [6, 6.07) is 5.48. The maximum absolute atomic E-state index is 12.2. The highest BCUT2D eigenvalue weighted by Gasteiger charge is 2.10. The van der Waals surface area contributed by atoms with Crippen molar-refractivity contribution in [2.75, 3.05) is 13.1 Å². The summed E-state index contributed by atoms with van der Waals surface area (Å²) in [6.07, 6.45) is 2.05. The van der Waals surface area contributed by atoms with Gasteiger partial charge in [0.15, 0.2) is 0 Å². The van der Waals surface area contributed by atoms with E-state index in [1.165, 1.54) is 6.33 Å². The standard InChI is InChI=1S/C15H17N5O/c1-11-12(5-3-8-16)4-2-6-13(11)15(21)17-9-7-14-18-10-19-20-14/h2,4,6,10H,7-9,16H2,1H3,(H,17,21)(H,18,19,20). The lowest BCUT2D eigenvalue weighted by molar-refractivity contribution is 0.0953. The number of nitrogens with zero attached hydrogens (tertiary/aromatic N) is 2. The molecule has 108 valence electrons. The van der Waals surface area contributed by atoms with Gasteiger partial charge in [-0.15, -0.1) is 0 Å². The molecule has 2 rings (SSSR count). The summed E-state index contributed by atoms with van der Waals surface area (Å²) in [5.41, 5.74) is 7.67. The lowest BCUT2D eigenvalue weighted by atomic mass is 10.0. The van der Waals surface area contributed by atoms with Gasteiger partial charge in [-0.25, -0.2) is 4.98 Å². The van der Waals surface area contributed by atoms with E-state index >= 15 is 0 Å². The fraction of sp³-hybridized carbons (Fsp3) is 0.267. The fourth-order valence-corrected chi connectivity index (χ4v) is 1.90. The molecule has 6 heteroatoms. The van der Waals surface area contributed by atoms with E-state index in [0.717, 1.165) is 17.0 Å². The van der Waals surface area contributed by atoms with Gasteiger partial charge in [0, 0.05) is 24.1 Å². The molecule has 0 unspecified atom stereocenters. The summed E-state index contributed by atoms with van der Waals surface area (Å²) in [5, 5.41) is 9.37. The van der Waals surface area contributed by atoms with E-state index in [9.17, 15) is 4.79 Å². The van der Waals surface area contributed by atoms with Crippen molar-refractivity contribution in [2.24, 2.45) is 5.73 Å². The average molecular weight is 283 g/mol. The minimum absolute atomic E-state index is 0.122. The van der Waals surface area contributed by atoms with Crippen LogP contribution in [0.15, 0.2) is 24.5 Å². The SMILES string of the molecule is Cc1c(C#CCN)cccc1C(=O)NCCc1ncn[nH]1. The number of hydrogen-bond acceptors (Lipinski definition) is 4. The molecule has 0 saturated carbocycles. The highest BCUT2D eigenvalue weighted by atomic mass is 16.1. The minimum Gasteiger partial charge on any atom is -0.352 e. The Kier molecular flexibility index (Phi) is 5.07. The molecule has 0 aliphatic heterocycles. The second-order valence-corrected chi connectivity index (χ2v) is 4.42. The Morgan fingerprint density at radius 2 is 2.33 bits per heavy atom. The van der Waals surface area contributed by atoms with Crippen LogP contribution in [0.3, 0.4) is 0 Å². The van der Waals surface area contributed by atoms with Gasteiger partial charge in [0.05, 0.1) is 6.54 Å². The van der Waals surface area contributed by atoms with Crippen LogP contribution in [0.4, 0.5) is 0 Å². The Hall–Kier alpha value is -2.65. The summed E-state index contributed by atoms with van der Waals surface area (Å²) >= 11 is 0. The van der Waals surface area contributed by atoms with Gasteiger partial charge in [0.1, 0.15) is 12.2 Å². The quantitative estimate of drug-likeness (QED) is 0.707. The van der Waals surface area contributed by atoms with E-state index in [4.69, 9.17) is 5.73 Å². The second kappa shape index (κ2) is 7.22. The van der Waals surface area contributed by atoms with Crippen LogP contribution in [-0.2, 0) is 6.42 Å². The smallest absolute Gasteiger partial charge is 0.251 e. The number of carbonyl (C=O) groups is 1. The molecule has 0 radical (unpaired) electrons. The third-order valence-corrected chi connectivity index (χ3v) is 3.02. The fourth-order valence-electron chi connectivity index (χ4n) is 1.90. The zero-order valence-electron chi connectivity index (χ0n) is 11.8. The van der Waals surface area contributed by atoms with Crippen molar-refractivity contribution in [3.05, 3.63) is 47.0 Å². The van der Waals surface area contributed by atoms with Crippen LogP contribution in [0.1, 0.15) is 27.3 Å². The molecule has 2 aromatic rings. The largest absolute Gasteiger partial charge is 0.352 e. The van der Waals surface area contributed by atoms with Crippen molar-refractivity contribution >= 4 is 5.91 Å². The van der Waals surface area contributed by atoms with Gasteiger partial charge < -0.3 is 11.1 Å². The zero-order chi connectivity index (χ0) is 15.1. The van der Waals surface area contributed by atoms with Crippen LogP contribution < -0.4 is 11.1 Å². The Bertz CT molecular complexity index is 667. The molecule has 4 N–H and O–H groups in total. The zero-order valence-corrected chi connectivity index (χ0v) is 11.8. The lowest BCUT2D eigenvalue weighted by Crippen LogP contribution is -2.26. The number of benzene rings is 1. The predicted molar refractivity (Wildman–Crippen MR) is 79.5 cm³/mol. The number of nitrogens with one attached hydrogen (secondary N) is 2. The van der Waals surface area contributed by atoms with E-state index in [1.54, 1.807) is 6.07 Å². The van der Waals surface area contributed by atoms with Crippen molar-refractivity contribution in [1.29, 1.82) is 0 Å². The number of hydrogen-bond donors (Lipinski definition) is 3. The van der Waals surface area contributed by atoms with Crippen LogP contribution in [-0.4, -0.2) is 34.2 Å². The molecule has 0 fully saturated rings. The van der Waals surface area contributed by atoms with E-state index in [0.29, 0.717) is 25.1 Å². The molecule has 0 spiro atoms. The van der Waals surface area contributed by atoms with Crippen LogP contribution in [0.5, 0.6) is 0 Å². The first-order valence-corrected chi connectivity index (χ1v) is 6.63. The number of aromatic nitrogens is 3. The number of H-pyrrole nitrogens is 1. The summed E-state index contributed by atoms with van der Waals surface area (Å²) in [5.74, 6) is 6.39. The van der Waals surface area contributed by atoms with Gasteiger partial charge in [-0.05, 0) is 24.6 Å². The number of rotatable bonds is 4. The summed E-state index contributed by atoms with van der Waals surface area (Å²) in [7, 11) is 0. The van der Waals surface area contributed by atoms with Crippen molar-refractivity contribution in [2.45, 2.75) is 13.3 Å². The number of amides is 1. The Labute approximate surface area is 123 Å². The first kappa shape index (κ1) is 14.8. The van der Waals surface area contributed by atoms with Crippen LogP contribution >= 0.6 is 0 Å². The van der Waals surface area contributed by atoms with Crippen LogP contribution in [0.25, 0.3) is 0 Å². The van der Waals surface area contributed by atoms with E-state index in [-0.39, 0.29) is 5.91 Å². The normalized spacial score (nSPS) is 9.81. The molecule has 0 saturated heterocycles. The van der Waals surface area contributed by atoms with Crippen LogP contribution in [0, 0.1) is 18.8 Å². The molecule has 0 bridgehead atoms. The first-order chi connectivity index (χ1) is 10.2. The van der Waals surface area contributed by atoms with Gasteiger partial charge in [0.25, 0.3) is 5.91 Å². The second-order valence-electron chi connectivity index (χ2n) is 4.42. The molecule has 1 aromatic heterocycles. The molecule has 1 amide bonds. The Morgan fingerprint density at radius 1 is 1.48 bits per heavy atom. The molecule has 6 nitrogen and oxygen atoms in total. The van der Waals surface area contributed by atoms with Gasteiger partial charge in [0.2, 0.25) is 0 Å². The molecule has 0 aliphatic rings. The highest BCUT2D eigenvalue weighted by Crippen LogP contribution is 2.12. The third kappa shape index (κ3) is 3.91. The van der Waals surface area contributed by atoms with Crippen molar-refractivity contribution in [1.82, 2.24) is 20.5 Å². The molecule has 1 heterocycles. The Balaban J connectivity index is 2.01. The average Bonchev–Trinajstić information content (AvgIpc) is 2.99. The van der Waals surface area contributed by atoms with Crippen molar-refractivity contribution in [3.63, 3.8) is 0 Å². The lowest BCUT2D eigenvalue weighted by Gasteiger charge is -2.08. The molecular formula is C15H17N5O. The van der Waals surface area contributed by atoms with E-state index in [1.807, 2.05) is 19.1 Å². The molecular weight excluding hydrogens is 266 g/mol. The maximum Gasteiger partial charge on any atom is 0.251 e. The topological polar surface area (TPSA) is 96.7 Å². The molecule has 21 heavy (non-hydrogen) atoms. The molecule has 1 aromatic carbocycles. The maximum atomic E-state index is 12.2. The van der Waals surface area contributed by atoms with Crippen molar-refractivity contribution in [3.8, 4) is 11.8 Å². The van der Waals surface area contributed by atoms with Gasteiger partial charge >= 0.3 is 0 Å². The van der Waals surface area contributed by atoms with Gasteiger partial charge in [-0.3, -0.25) is 9.89 Å². The third-order valence-electron chi connectivity index (χ3n) is 3.02. The van der Waals surface area contributed by atoms with E-state index < -0.39 is 0 Å². The molecule has 0 aliphatic carbocycles. The van der Waals surface area contributed by atoms with Crippen molar-refractivity contribution < 1.29 is 4.79 Å². The molecule has 0 atom stereocenters. The minimum atomic E-state index is -0.122. The summed E-state index contributed by atoms with van der Waals surface area (Å²) in [6.45, 7) is 2.67. The highest BCUT2D eigenvalue weighted by molar-refractivity contribution is 5.96. The van der Waals surface area contributed by atoms with Crippen LogP contribution in [0.2, 0.25) is 0 Å².